The minimum Gasteiger partial charge on any atom is -0.390 e. The van der Waals surface area contributed by atoms with Crippen LogP contribution in [0.25, 0.3) is 0 Å². The van der Waals surface area contributed by atoms with Crippen LogP contribution in [0, 0.1) is 5.41 Å². The summed E-state index contributed by atoms with van der Waals surface area (Å²) < 4.78 is 6.33. The molecule has 0 bridgehead atoms. The van der Waals surface area contributed by atoms with Gasteiger partial charge in [0.1, 0.15) is 0 Å². The van der Waals surface area contributed by atoms with Gasteiger partial charge in [-0.15, -0.1) is 0 Å². The van der Waals surface area contributed by atoms with Crippen LogP contribution in [0.1, 0.15) is 26.5 Å². The van der Waals surface area contributed by atoms with Crippen molar-refractivity contribution in [3.8, 4) is 0 Å². The van der Waals surface area contributed by atoms with E-state index in [1.165, 1.54) is 0 Å². The highest BCUT2D eigenvalue weighted by Gasteiger charge is 2.31. The first-order valence-electron chi connectivity index (χ1n) is 5.66. The van der Waals surface area contributed by atoms with Crippen LogP contribution in [-0.4, -0.2) is 29.4 Å². The molecule has 1 N–H and O–H groups in total. The first-order chi connectivity index (χ1) is 7.84. The number of nitrogens with zero attached hydrogens (tertiary/aromatic N) is 1. The summed E-state index contributed by atoms with van der Waals surface area (Å²) in [6, 6.07) is 3.83. The Labute approximate surface area is 111 Å². The van der Waals surface area contributed by atoms with Crippen LogP contribution >= 0.6 is 15.9 Å². The lowest BCUT2D eigenvalue weighted by Crippen LogP contribution is -2.40. The van der Waals surface area contributed by atoms with Gasteiger partial charge >= 0.3 is 0 Å². The minimum absolute atomic E-state index is 0.0937. The zero-order valence-electron chi connectivity index (χ0n) is 10.8. The van der Waals surface area contributed by atoms with E-state index in [2.05, 4.69) is 41.7 Å². The molecule has 0 radical (unpaired) electrons. The van der Waals surface area contributed by atoms with E-state index in [0.717, 1.165) is 10.2 Å². The number of aromatic nitrogens is 1. The molecule has 2 unspecified atom stereocenters. The van der Waals surface area contributed by atoms with Crippen LogP contribution in [0.5, 0.6) is 0 Å². The van der Waals surface area contributed by atoms with Gasteiger partial charge in [0.05, 0.1) is 12.2 Å². The third kappa shape index (κ3) is 4.37. The van der Waals surface area contributed by atoms with Crippen molar-refractivity contribution < 1.29 is 9.84 Å². The average molecular weight is 302 g/mol. The molecule has 0 amide bonds. The summed E-state index contributed by atoms with van der Waals surface area (Å²) in [5, 5.41) is 10.2. The van der Waals surface area contributed by atoms with Gasteiger partial charge in [-0.1, -0.05) is 20.8 Å². The zero-order chi connectivity index (χ0) is 13.1. The summed E-state index contributed by atoms with van der Waals surface area (Å²) in [5.74, 6) is 0. The van der Waals surface area contributed by atoms with Gasteiger partial charge < -0.3 is 9.84 Å². The highest BCUT2D eigenvalue weighted by molar-refractivity contribution is 9.10. The summed E-state index contributed by atoms with van der Waals surface area (Å²) >= 11 is 3.34. The fourth-order valence-electron chi connectivity index (χ4n) is 1.94. The second-order valence-corrected chi connectivity index (χ2v) is 6.18. The van der Waals surface area contributed by atoms with Gasteiger partial charge in [0, 0.05) is 29.9 Å². The Morgan fingerprint density at radius 1 is 1.41 bits per heavy atom. The molecule has 0 aliphatic rings. The number of hydrogen-bond acceptors (Lipinski definition) is 3. The Morgan fingerprint density at radius 3 is 2.47 bits per heavy atom. The molecular formula is C13H20BrNO2. The van der Waals surface area contributed by atoms with Crippen molar-refractivity contribution in [2.24, 2.45) is 5.41 Å². The standard InChI is InChI=1S/C13H20BrNO2/c1-13(2,3)12(17-4)11(16)7-10-6-5-9(14)8-15-10/h5-6,8,11-12,16H,7H2,1-4H3. The number of pyridine rings is 1. The number of aliphatic hydroxyl groups excluding tert-OH is 1. The molecule has 0 spiro atoms. The van der Waals surface area contributed by atoms with Gasteiger partial charge in [-0.25, -0.2) is 0 Å². The first kappa shape index (κ1) is 14.6. The lowest BCUT2D eigenvalue weighted by molar-refractivity contribution is -0.0702. The molecule has 1 heterocycles. The molecule has 4 heteroatoms. The largest absolute Gasteiger partial charge is 0.390 e. The number of hydrogen-bond donors (Lipinski definition) is 1. The second-order valence-electron chi connectivity index (χ2n) is 5.26. The van der Waals surface area contributed by atoms with E-state index in [4.69, 9.17) is 4.74 Å². The topological polar surface area (TPSA) is 42.4 Å². The monoisotopic (exact) mass is 301 g/mol. The highest BCUT2D eigenvalue weighted by Crippen LogP contribution is 2.26. The average Bonchev–Trinajstić information content (AvgIpc) is 2.20. The fraction of sp³-hybridized carbons (Fsp3) is 0.615. The molecule has 0 fully saturated rings. The maximum atomic E-state index is 10.2. The van der Waals surface area contributed by atoms with Crippen LogP contribution in [-0.2, 0) is 11.2 Å². The van der Waals surface area contributed by atoms with E-state index in [1.807, 2.05) is 12.1 Å². The Hall–Kier alpha value is -0.450. The molecule has 17 heavy (non-hydrogen) atoms. The Morgan fingerprint density at radius 2 is 2.06 bits per heavy atom. The number of methoxy groups -OCH3 is 1. The third-order valence-electron chi connectivity index (χ3n) is 2.66. The van der Waals surface area contributed by atoms with Gasteiger partial charge in [-0.2, -0.15) is 0 Å². The summed E-state index contributed by atoms with van der Waals surface area (Å²) in [5.41, 5.74) is 0.774. The van der Waals surface area contributed by atoms with Gasteiger partial charge in [-0.05, 0) is 33.5 Å². The van der Waals surface area contributed by atoms with E-state index in [-0.39, 0.29) is 11.5 Å². The normalized spacial score (nSPS) is 15.6. The molecule has 1 aromatic rings. The lowest BCUT2D eigenvalue weighted by atomic mass is 9.84. The van der Waals surface area contributed by atoms with E-state index in [0.29, 0.717) is 6.42 Å². The molecule has 1 aromatic heterocycles. The van der Waals surface area contributed by atoms with Crippen molar-refractivity contribution in [1.82, 2.24) is 4.98 Å². The van der Waals surface area contributed by atoms with E-state index in [1.54, 1.807) is 13.3 Å². The van der Waals surface area contributed by atoms with Crippen molar-refractivity contribution in [3.63, 3.8) is 0 Å². The van der Waals surface area contributed by atoms with Gasteiger partial charge in [-0.3, -0.25) is 4.98 Å². The molecule has 2 atom stereocenters. The molecule has 0 saturated heterocycles. The predicted molar refractivity (Wildman–Crippen MR) is 71.9 cm³/mol. The van der Waals surface area contributed by atoms with Crippen LogP contribution in [0.15, 0.2) is 22.8 Å². The van der Waals surface area contributed by atoms with E-state index >= 15 is 0 Å². The Kier molecular flexibility index (Phi) is 5.10. The van der Waals surface area contributed by atoms with Crippen molar-refractivity contribution in [2.45, 2.75) is 39.4 Å². The molecule has 1 rings (SSSR count). The van der Waals surface area contributed by atoms with E-state index < -0.39 is 6.10 Å². The van der Waals surface area contributed by atoms with Crippen LogP contribution in [0.3, 0.4) is 0 Å². The first-order valence-corrected chi connectivity index (χ1v) is 6.45. The zero-order valence-corrected chi connectivity index (χ0v) is 12.4. The predicted octanol–water partition coefficient (Wildman–Crippen LogP) is 2.81. The van der Waals surface area contributed by atoms with Gasteiger partial charge in [0.15, 0.2) is 0 Å². The van der Waals surface area contributed by atoms with Crippen molar-refractivity contribution in [1.29, 1.82) is 0 Å². The van der Waals surface area contributed by atoms with Gasteiger partial charge in [0.25, 0.3) is 0 Å². The van der Waals surface area contributed by atoms with Gasteiger partial charge in [0.2, 0.25) is 0 Å². The summed E-state index contributed by atoms with van der Waals surface area (Å²) in [4.78, 5) is 4.25. The van der Waals surface area contributed by atoms with Crippen LogP contribution < -0.4 is 0 Å². The molecule has 0 aliphatic carbocycles. The maximum Gasteiger partial charge on any atom is 0.0882 e. The van der Waals surface area contributed by atoms with Crippen molar-refractivity contribution in [3.05, 3.63) is 28.5 Å². The quantitative estimate of drug-likeness (QED) is 0.930. The summed E-state index contributed by atoms with van der Waals surface area (Å²) in [7, 11) is 1.63. The molecule has 96 valence electrons. The minimum atomic E-state index is -0.548. The fourth-order valence-corrected chi connectivity index (χ4v) is 2.17. The number of halogens is 1. The second kappa shape index (κ2) is 5.94. The Bertz CT molecular complexity index is 345. The van der Waals surface area contributed by atoms with Crippen molar-refractivity contribution >= 4 is 15.9 Å². The van der Waals surface area contributed by atoms with E-state index in [9.17, 15) is 5.11 Å². The van der Waals surface area contributed by atoms with Crippen LogP contribution in [0.4, 0.5) is 0 Å². The van der Waals surface area contributed by atoms with Crippen molar-refractivity contribution in [2.75, 3.05) is 7.11 Å². The third-order valence-corrected chi connectivity index (χ3v) is 3.13. The highest BCUT2D eigenvalue weighted by atomic mass is 79.9. The Balaban J connectivity index is 2.70. The molecule has 0 aromatic carbocycles. The smallest absolute Gasteiger partial charge is 0.0882 e. The number of rotatable bonds is 4. The molecule has 3 nitrogen and oxygen atoms in total. The molecule has 0 aliphatic heterocycles. The molecular weight excluding hydrogens is 282 g/mol. The summed E-state index contributed by atoms with van der Waals surface area (Å²) in [6.07, 6.45) is 1.49. The number of ether oxygens (including phenoxy) is 1. The molecule has 0 saturated carbocycles. The SMILES string of the molecule is COC(C(O)Cc1ccc(Br)cn1)C(C)(C)C. The lowest BCUT2D eigenvalue weighted by Gasteiger charge is -2.33. The number of aliphatic hydroxyl groups is 1. The van der Waals surface area contributed by atoms with Crippen LogP contribution in [0.2, 0.25) is 0 Å². The maximum absolute atomic E-state index is 10.2. The summed E-state index contributed by atoms with van der Waals surface area (Å²) in [6.45, 7) is 6.16.